The van der Waals surface area contributed by atoms with Crippen molar-refractivity contribution in [2.24, 2.45) is 5.84 Å². The van der Waals surface area contributed by atoms with Crippen molar-refractivity contribution in [3.05, 3.63) is 72.3 Å². The summed E-state index contributed by atoms with van der Waals surface area (Å²) < 4.78 is 3.72. The highest BCUT2D eigenvalue weighted by Crippen LogP contribution is 2.28. The minimum Gasteiger partial charge on any atom is -0.314 e. The molecule has 0 saturated carbocycles. The zero-order valence-electron chi connectivity index (χ0n) is 15.3. The maximum absolute atomic E-state index is 6.13. The molecule has 2 heterocycles. The van der Waals surface area contributed by atoms with Crippen LogP contribution >= 0.6 is 0 Å². The molecule has 0 saturated heterocycles. The molecule has 0 atom stereocenters. The molecule has 0 aliphatic carbocycles. The Balaban J connectivity index is 1.72. The molecule has 0 aliphatic rings. The van der Waals surface area contributed by atoms with Gasteiger partial charge in [-0.1, -0.05) is 40.8 Å². The van der Waals surface area contributed by atoms with E-state index in [0.29, 0.717) is 6.54 Å². The van der Waals surface area contributed by atoms with Crippen LogP contribution in [0, 0.1) is 0 Å². The second kappa shape index (κ2) is 6.43. The van der Waals surface area contributed by atoms with E-state index in [1.807, 2.05) is 83.1 Å². The summed E-state index contributed by atoms with van der Waals surface area (Å²) in [6.45, 7) is 0.502. The Bertz CT molecular complexity index is 1280. The van der Waals surface area contributed by atoms with E-state index < -0.39 is 0 Å². The molecule has 0 unspecified atom stereocenters. The van der Waals surface area contributed by atoms with Gasteiger partial charge < -0.3 is 5.01 Å². The van der Waals surface area contributed by atoms with Gasteiger partial charge in [-0.15, -0.1) is 10.2 Å². The summed E-state index contributed by atoms with van der Waals surface area (Å²) in [7, 11) is 1.82. The van der Waals surface area contributed by atoms with Crippen LogP contribution in [0.15, 0.2) is 66.7 Å². The van der Waals surface area contributed by atoms with Gasteiger partial charge in [0, 0.05) is 12.6 Å². The third-order valence-corrected chi connectivity index (χ3v) is 4.81. The summed E-state index contributed by atoms with van der Waals surface area (Å²) in [6.07, 6.45) is 0. The van der Waals surface area contributed by atoms with E-state index >= 15 is 0 Å². The molecule has 5 aromatic rings. The van der Waals surface area contributed by atoms with Crippen molar-refractivity contribution in [1.29, 1.82) is 0 Å². The second-order valence-corrected chi connectivity index (χ2v) is 6.61. The maximum atomic E-state index is 6.13. The minimum absolute atomic E-state index is 0.502. The molecule has 0 amide bonds. The normalized spacial score (nSPS) is 11.4. The van der Waals surface area contributed by atoms with Gasteiger partial charge in [0.2, 0.25) is 0 Å². The molecular weight excluding hydrogens is 352 g/mol. The number of hydrogen-bond donors (Lipinski definition) is 1. The van der Waals surface area contributed by atoms with Gasteiger partial charge in [0.15, 0.2) is 0 Å². The number of hydrogen-bond acceptors (Lipinski definition) is 6. The molecule has 0 spiro atoms. The van der Waals surface area contributed by atoms with E-state index in [1.54, 1.807) is 5.01 Å². The summed E-state index contributed by atoms with van der Waals surface area (Å²) in [5, 5.41) is 18.9. The third kappa shape index (κ3) is 2.58. The van der Waals surface area contributed by atoms with Gasteiger partial charge in [0.05, 0.1) is 29.0 Å². The van der Waals surface area contributed by atoms with Crippen LogP contribution < -0.4 is 10.9 Å². The van der Waals surface area contributed by atoms with Crippen molar-refractivity contribution in [2.75, 3.05) is 12.1 Å². The Kier molecular flexibility index (Phi) is 3.77. The number of fused-ring (bicyclic) bond motifs is 2. The number of aromatic nitrogens is 6. The van der Waals surface area contributed by atoms with Crippen LogP contribution in [0.2, 0.25) is 0 Å². The topological polar surface area (TPSA) is 90.7 Å². The molecule has 0 fully saturated rings. The molecule has 0 bridgehead atoms. The first-order valence-corrected chi connectivity index (χ1v) is 8.92. The Morgan fingerprint density at radius 2 is 1.50 bits per heavy atom. The van der Waals surface area contributed by atoms with Gasteiger partial charge in [-0.25, -0.2) is 15.2 Å². The number of benzene rings is 3. The molecule has 2 N–H and O–H groups in total. The predicted molar refractivity (Wildman–Crippen MR) is 108 cm³/mol. The number of rotatable bonds is 4. The van der Waals surface area contributed by atoms with E-state index in [0.717, 1.165) is 39.0 Å². The van der Waals surface area contributed by atoms with Crippen molar-refractivity contribution in [3.8, 4) is 5.69 Å². The lowest BCUT2D eigenvalue weighted by molar-refractivity contribution is 0.662. The summed E-state index contributed by atoms with van der Waals surface area (Å²) in [5.41, 5.74) is 6.37. The van der Waals surface area contributed by atoms with Crippen molar-refractivity contribution in [1.82, 2.24) is 30.0 Å². The fraction of sp³-hybridized carbons (Fsp3) is 0.100. The minimum atomic E-state index is 0.502. The fourth-order valence-electron chi connectivity index (χ4n) is 3.48. The average Bonchev–Trinajstić information content (AvgIpc) is 3.33. The Morgan fingerprint density at radius 3 is 2.29 bits per heavy atom. The largest absolute Gasteiger partial charge is 0.314 e. The predicted octanol–water partition coefficient (Wildman–Crippen LogP) is 2.52. The van der Waals surface area contributed by atoms with Crippen molar-refractivity contribution in [3.63, 3.8) is 0 Å². The third-order valence-electron chi connectivity index (χ3n) is 4.81. The number of para-hydroxylation sites is 2. The zero-order chi connectivity index (χ0) is 19.1. The van der Waals surface area contributed by atoms with Crippen molar-refractivity contribution < 1.29 is 0 Å². The molecular formula is C20H18N8. The Labute approximate surface area is 160 Å². The summed E-state index contributed by atoms with van der Waals surface area (Å²) in [6, 6.07) is 21.7. The number of hydrazine groups is 1. The Hall–Kier alpha value is -3.78. The van der Waals surface area contributed by atoms with E-state index in [-0.39, 0.29) is 0 Å². The van der Waals surface area contributed by atoms with E-state index in [1.165, 1.54) is 0 Å². The average molecular weight is 370 g/mol. The smallest absolute Gasteiger partial charge is 0.113 e. The highest BCUT2D eigenvalue weighted by atomic mass is 15.4. The lowest BCUT2D eigenvalue weighted by Gasteiger charge is -2.20. The number of anilines is 1. The highest BCUT2D eigenvalue weighted by molar-refractivity contribution is 5.78. The van der Waals surface area contributed by atoms with Crippen molar-refractivity contribution >= 4 is 27.8 Å². The van der Waals surface area contributed by atoms with Crippen LogP contribution in [0.25, 0.3) is 27.8 Å². The van der Waals surface area contributed by atoms with Crippen LogP contribution in [0.1, 0.15) is 5.56 Å². The molecule has 3 aromatic carbocycles. The maximum Gasteiger partial charge on any atom is 0.113 e. The standard InChI is InChI=1S/C20H18N8/c1-26(21)17-11-6-12-18(28-20-10-5-3-8-16(20)23-25-28)14(17)13-27-19-9-4-2-7-15(19)22-24-27/h2-12H,13,21H2,1H3. The first-order chi connectivity index (χ1) is 13.7. The molecule has 0 radical (unpaired) electrons. The number of nitrogens with zero attached hydrogens (tertiary/aromatic N) is 7. The van der Waals surface area contributed by atoms with Crippen molar-refractivity contribution in [2.45, 2.75) is 6.54 Å². The van der Waals surface area contributed by atoms with Crippen LogP contribution in [0.5, 0.6) is 0 Å². The van der Waals surface area contributed by atoms with Crippen LogP contribution in [-0.2, 0) is 6.54 Å². The zero-order valence-corrected chi connectivity index (χ0v) is 15.3. The second-order valence-electron chi connectivity index (χ2n) is 6.61. The fourth-order valence-corrected chi connectivity index (χ4v) is 3.48. The molecule has 138 valence electrons. The van der Waals surface area contributed by atoms with Crippen LogP contribution in [0.3, 0.4) is 0 Å². The quantitative estimate of drug-likeness (QED) is 0.386. The molecule has 0 aliphatic heterocycles. The summed E-state index contributed by atoms with van der Waals surface area (Å²) in [5.74, 6) is 6.13. The lowest BCUT2D eigenvalue weighted by atomic mass is 10.1. The van der Waals surface area contributed by atoms with Gasteiger partial charge in [-0.3, -0.25) is 0 Å². The molecule has 28 heavy (non-hydrogen) atoms. The highest BCUT2D eigenvalue weighted by Gasteiger charge is 2.17. The van der Waals surface area contributed by atoms with Crippen LogP contribution in [-0.4, -0.2) is 37.0 Å². The Morgan fingerprint density at radius 1 is 0.821 bits per heavy atom. The van der Waals surface area contributed by atoms with E-state index in [2.05, 4.69) is 20.6 Å². The first kappa shape index (κ1) is 16.4. The van der Waals surface area contributed by atoms with Gasteiger partial charge in [0.25, 0.3) is 0 Å². The number of nitrogens with two attached hydrogens (primary N) is 1. The molecule has 2 aromatic heterocycles. The van der Waals surface area contributed by atoms with Gasteiger partial charge in [-0.05, 0) is 36.4 Å². The van der Waals surface area contributed by atoms with E-state index in [4.69, 9.17) is 5.84 Å². The molecule has 5 rings (SSSR count). The van der Waals surface area contributed by atoms with Gasteiger partial charge in [-0.2, -0.15) is 0 Å². The lowest BCUT2D eigenvalue weighted by Crippen LogP contribution is -2.27. The van der Waals surface area contributed by atoms with Gasteiger partial charge >= 0.3 is 0 Å². The SMILES string of the molecule is CN(N)c1cccc(-n2nnc3ccccc32)c1Cn1nnc2ccccc21. The van der Waals surface area contributed by atoms with E-state index in [9.17, 15) is 0 Å². The summed E-state index contributed by atoms with van der Waals surface area (Å²) in [4.78, 5) is 0. The monoisotopic (exact) mass is 370 g/mol. The molecule has 8 heteroatoms. The summed E-state index contributed by atoms with van der Waals surface area (Å²) >= 11 is 0. The molecule has 8 nitrogen and oxygen atoms in total. The van der Waals surface area contributed by atoms with Gasteiger partial charge in [0.1, 0.15) is 11.0 Å². The van der Waals surface area contributed by atoms with Crippen LogP contribution in [0.4, 0.5) is 5.69 Å². The first-order valence-electron chi connectivity index (χ1n) is 8.92.